The monoisotopic (exact) mass is 330 g/mol. The number of para-hydroxylation sites is 2. The summed E-state index contributed by atoms with van der Waals surface area (Å²) in [4.78, 5) is 27.6. The number of carbonyl (C=O) groups is 2. The van der Waals surface area contributed by atoms with Crippen LogP contribution in [0.4, 0.5) is 5.69 Å². The maximum absolute atomic E-state index is 12.5. The van der Waals surface area contributed by atoms with Gasteiger partial charge in [0, 0.05) is 11.4 Å². The van der Waals surface area contributed by atoms with Gasteiger partial charge < -0.3 is 15.3 Å². The third-order valence-electron chi connectivity index (χ3n) is 3.94. The van der Waals surface area contributed by atoms with Gasteiger partial charge in [-0.3, -0.25) is 9.59 Å². The molecule has 6 heteroatoms. The van der Waals surface area contributed by atoms with E-state index in [2.05, 4.69) is 5.32 Å². The Hall–Kier alpha value is -2.34. The Morgan fingerprint density at radius 1 is 1.26 bits per heavy atom. The van der Waals surface area contributed by atoms with Crippen LogP contribution in [0.15, 0.2) is 41.8 Å². The quantitative estimate of drug-likeness (QED) is 0.847. The number of phenols is 1. The van der Waals surface area contributed by atoms with E-state index in [9.17, 15) is 14.7 Å². The molecule has 2 aromatic rings. The average Bonchev–Trinajstić information content (AvgIpc) is 3.20. The minimum atomic E-state index is -0.470. The van der Waals surface area contributed by atoms with E-state index < -0.39 is 6.04 Å². The zero-order valence-corrected chi connectivity index (χ0v) is 13.4. The molecular formula is C17H18N2O3S. The molecule has 5 nitrogen and oxygen atoms in total. The highest BCUT2D eigenvalue weighted by Gasteiger charge is 2.34. The Kier molecular flexibility index (Phi) is 4.62. The first-order valence-electron chi connectivity index (χ1n) is 7.56. The number of hydrogen-bond acceptors (Lipinski definition) is 4. The number of likely N-dealkylation sites (tertiary alicyclic amines) is 1. The minimum Gasteiger partial charge on any atom is -0.506 e. The Bertz CT molecular complexity index is 700. The number of nitrogens with one attached hydrogen (secondary N) is 1. The van der Waals surface area contributed by atoms with Gasteiger partial charge in [0.1, 0.15) is 11.8 Å². The van der Waals surface area contributed by atoms with Crippen LogP contribution >= 0.6 is 11.3 Å². The fourth-order valence-corrected chi connectivity index (χ4v) is 3.49. The fraction of sp³-hybridized carbons (Fsp3) is 0.294. The highest BCUT2D eigenvalue weighted by atomic mass is 32.1. The SMILES string of the molecule is O=C(Nc1ccccc1O)C1CCCN1C(=O)Cc1cccs1. The molecule has 1 aromatic heterocycles. The molecule has 23 heavy (non-hydrogen) atoms. The number of rotatable bonds is 4. The summed E-state index contributed by atoms with van der Waals surface area (Å²) < 4.78 is 0. The van der Waals surface area contributed by atoms with Gasteiger partial charge in [-0.1, -0.05) is 18.2 Å². The second-order valence-corrected chi connectivity index (χ2v) is 6.54. The molecule has 1 unspecified atom stereocenters. The first-order valence-corrected chi connectivity index (χ1v) is 8.44. The van der Waals surface area contributed by atoms with E-state index in [0.717, 1.165) is 11.3 Å². The normalized spacial score (nSPS) is 17.2. The average molecular weight is 330 g/mol. The summed E-state index contributed by atoms with van der Waals surface area (Å²) in [6.07, 6.45) is 1.79. The summed E-state index contributed by atoms with van der Waals surface area (Å²) in [7, 11) is 0. The first-order chi connectivity index (χ1) is 11.1. The summed E-state index contributed by atoms with van der Waals surface area (Å²) in [5, 5.41) is 14.4. The van der Waals surface area contributed by atoms with Crippen molar-refractivity contribution >= 4 is 28.8 Å². The smallest absolute Gasteiger partial charge is 0.247 e. The fourth-order valence-electron chi connectivity index (χ4n) is 2.80. The van der Waals surface area contributed by atoms with Crippen molar-refractivity contribution in [3.63, 3.8) is 0 Å². The molecule has 1 saturated heterocycles. The van der Waals surface area contributed by atoms with E-state index in [1.54, 1.807) is 34.4 Å². The second-order valence-electron chi connectivity index (χ2n) is 5.51. The summed E-state index contributed by atoms with van der Waals surface area (Å²) in [6.45, 7) is 0.600. The number of thiophene rings is 1. The molecule has 120 valence electrons. The summed E-state index contributed by atoms with van der Waals surface area (Å²) in [5.41, 5.74) is 0.370. The Morgan fingerprint density at radius 3 is 2.83 bits per heavy atom. The van der Waals surface area contributed by atoms with Crippen LogP contribution in [0.2, 0.25) is 0 Å². The van der Waals surface area contributed by atoms with Gasteiger partial charge in [-0.05, 0) is 36.4 Å². The van der Waals surface area contributed by atoms with Crippen LogP contribution in [-0.4, -0.2) is 34.4 Å². The third kappa shape index (κ3) is 3.53. The van der Waals surface area contributed by atoms with Gasteiger partial charge in [-0.2, -0.15) is 0 Å². The number of amides is 2. The van der Waals surface area contributed by atoms with Crippen molar-refractivity contribution in [1.29, 1.82) is 0 Å². The lowest BCUT2D eigenvalue weighted by Crippen LogP contribution is -2.43. The highest BCUT2D eigenvalue weighted by Crippen LogP contribution is 2.25. The van der Waals surface area contributed by atoms with E-state index >= 15 is 0 Å². The van der Waals surface area contributed by atoms with E-state index in [0.29, 0.717) is 25.1 Å². The van der Waals surface area contributed by atoms with Crippen LogP contribution in [0.5, 0.6) is 5.75 Å². The lowest BCUT2D eigenvalue weighted by Gasteiger charge is -2.24. The Morgan fingerprint density at radius 2 is 2.09 bits per heavy atom. The largest absolute Gasteiger partial charge is 0.506 e. The maximum Gasteiger partial charge on any atom is 0.247 e. The molecule has 2 N–H and O–H groups in total. The molecule has 1 fully saturated rings. The predicted octanol–water partition coefficient (Wildman–Crippen LogP) is 2.63. The maximum atomic E-state index is 12.5. The van der Waals surface area contributed by atoms with Crippen LogP contribution in [0.3, 0.4) is 0 Å². The van der Waals surface area contributed by atoms with Gasteiger partial charge in [0.25, 0.3) is 0 Å². The van der Waals surface area contributed by atoms with Gasteiger partial charge in [0.15, 0.2) is 0 Å². The molecule has 1 aliphatic heterocycles. The van der Waals surface area contributed by atoms with Crippen molar-refractivity contribution < 1.29 is 14.7 Å². The Labute approximate surface area is 138 Å². The number of phenolic OH excluding ortho intramolecular Hbond substituents is 1. The number of nitrogens with zero attached hydrogens (tertiary/aromatic N) is 1. The van der Waals surface area contributed by atoms with E-state index in [-0.39, 0.29) is 17.6 Å². The highest BCUT2D eigenvalue weighted by molar-refractivity contribution is 7.10. The zero-order valence-electron chi connectivity index (χ0n) is 12.6. The molecule has 0 aliphatic carbocycles. The number of hydrogen-bond donors (Lipinski definition) is 2. The topological polar surface area (TPSA) is 69.6 Å². The summed E-state index contributed by atoms with van der Waals surface area (Å²) >= 11 is 1.54. The molecule has 0 bridgehead atoms. The van der Waals surface area contributed by atoms with Gasteiger partial charge in [-0.15, -0.1) is 11.3 Å². The van der Waals surface area contributed by atoms with Crippen LogP contribution < -0.4 is 5.32 Å². The zero-order chi connectivity index (χ0) is 16.2. The summed E-state index contributed by atoms with van der Waals surface area (Å²) in [5.74, 6) is -0.249. The third-order valence-corrected chi connectivity index (χ3v) is 4.82. The van der Waals surface area contributed by atoms with Gasteiger partial charge in [0.05, 0.1) is 12.1 Å². The first kappa shape index (κ1) is 15.6. The van der Waals surface area contributed by atoms with Crippen LogP contribution in [0, 0.1) is 0 Å². The number of aromatic hydroxyl groups is 1. The molecule has 0 spiro atoms. The van der Waals surface area contributed by atoms with Gasteiger partial charge in [0.2, 0.25) is 11.8 Å². The second kappa shape index (κ2) is 6.83. The molecule has 1 aliphatic rings. The molecule has 2 heterocycles. The van der Waals surface area contributed by atoms with Crippen LogP contribution in [0.25, 0.3) is 0 Å². The Balaban J connectivity index is 1.67. The van der Waals surface area contributed by atoms with Crippen molar-refractivity contribution in [3.05, 3.63) is 46.7 Å². The predicted molar refractivity (Wildman–Crippen MR) is 89.5 cm³/mol. The van der Waals surface area contributed by atoms with Crippen molar-refractivity contribution in [3.8, 4) is 5.75 Å². The van der Waals surface area contributed by atoms with E-state index in [1.807, 2.05) is 17.5 Å². The van der Waals surface area contributed by atoms with Gasteiger partial charge in [-0.25, -0.2) is 0 Å². The number of carbonyl (C=O) groups excluding carboxylic acids is 2. The van der Waals surface area contributed by atoms with Gasteiger partial charge >= 0.3 is 0 Å². The molecule has 0 radical (unpaired) electrons. The van der Waals surface area contributed by atoms with Crippen molar-refractivity contribution in [2.45, 2.75) is 25.3 Å². The number of anilines is 1. The molecule has 1 atom stereocenters. The molecule has 1 aromatic carbocycles. The van der Waals surface area contributed by atoms with E-state index in [4.69, 9.17) is 0 Å². The lowest BCUT2D eigenvalue weighted by molar-refractivity contribution is -0.136. The van der Waals surface area contributed by atoms with Crippen molar-refractivity contribution in [2.24, 2.45) is 0 Å². The lowest BCUT2D eigenvalue weighted by atomic mass is 10.2. The standard InChI is InChI=1S/C17H18N2O3S/c20-15-8-2-1-6-13(15)18-17(22)14-7-3-9-19(14)16(21)11-12-5-4-10-23-12/h1-2,4-6,8,10,14,20H,3,7,9,11H2,(H,18,22). The number of benzene rings is 1. The van der Waals surface area contributed by atoms with Crippen LogP contribution in [0.1, 0.15) is 17.7 Å². The van der Waals surface area contributed by atoms with E-state index in [1.165, 1.54) is 6.07 Å². The van der Waals surface area contributed by atoms with Crippen molar-refractivity contribution in [2.75, 3.05) is 11.9 Å². The van der Waals surface area contributed by atoms with Crippen LogP contribution in [-0.2, 0) is 16.0 Å². The molecule has 3 rings (SSSR count). The molecule has 2 amide bonds. The minimum absolute atomic E-state index is 0.0234. The molecule has 0 saturated carbocycles. The molecular weight excluding hydrogens is 312 g/mol. The van der Waals surface area contributed by atoms with Crippen molar-refractivity contribution in [1.82, 2.24) is 4.90 Å². The summed E-state index contributed by atoms with van der Waals surface area (Å²) in [6, 6.07) is 9.96.